The molecule has 1 N–H and O–H groups in total. The average Bonchev–Trinajstić information content (AvgIpc) is 2.64. The number of hydrogen-bond donors (Lipinski definition) is 1. The third-order valence-electron chi connectivity index (χ3n) is 3.28. The zero-order valence-corrected chi connectivity index (χ0v) is 10.3. The number of rotatable bonds is 1. The van der Waals surface area contributed by atoms with Crippen LogP contribution >= 0.6 is 0 Å². The van der Waals surface area contributed by atoms with Crippen LogP contribution in [0.2, 0.25) is 0 Å². The molecule has 2 atom stereocenters. The van der Waals surface area contributed by atoms with E-state index in [1.165, 1.54) is 0 Å². The second kappa shape index (κ2) is 3.55. The van der Waals surface area contributed by atoms with E-state index < -0.39 is 23.0 Å². The van der Waals surface area contributed by atoms with Crippen molar-refractivity contribution < 1.29 is 19.1 Å². The summed E-state index contributed by atoms with van der Waals surface area (Å²) in [5.74, 6) is -0.996. The number of carbonyl (C=O) groups excluding carboxylic acids is 3. The fourth-order valence-electron chi connectivity index (χ4n) is 2.57. The minimum atomic E-state index is -0.982. The Kier molecular flexibility index (Phi) is 2.52. The largest absolute Gasteiger partial charge is 0.444 e. The van der Waals surface area contributed by atoms with Crippen molar-refractivity contribution in [2.24, 2.45) is 5.92 Å². The lowest BCUT2D eigenvalue weighted by Gasteiger charge is -2.27. The Morgan fingerprint density at radius 2 is 2.06 bits per heavy atom. The number of nitrogens with one attached hydrogen (secondary N) is 1. The molecular weight excluding hydrogens is 222 g/mol. The molecule has 2 rings (SSSR count). The summed E-state index contributed by atoms with van der Waals surface area (Å²) in [7, 11) is 0. The first-order valence-electron chi connectivity index (χ1n) is 5.83. The van der Waals surface area contributed by atoms with Gasteiger partial charge >= 0.3 is 6.09 Å². The molecule has 17 heavy (non-hydrogen) atoms. The lowest BCUT2D eigenvalue weighted by Crippen LogP contribution is -2.53. The van der Waals surface area contributed by atoms with Gasteiger partial charge in [-0.2, -0.15) is 0 Å². The summed E-state index contributed by atoms with van der Waals surface area (Å²) in [6.45, 7) is 5.26. The highest BCUT2D eigenvalue weighted by Gasteiger charge is 2.58. The Labute approximate surface area is 99.9 Å². The van der Waals surface area contributed by atoms with E-state index in [1.54, 1.807) is 20.8 Å². The zero-order chi connectivity index (χ0) is 12.8. The van der Waals surface area contributed by atoms with E-state index in [0.717, 1.165) is 0 Å². The molecule has 0 radical (unpaired) electrons. The Balaban J connectivity index is 2.07. The molecule has 0 aromatic rings. The molecule has 1 amide bonds. The van der Waals surface area contributed by atoms with Gasteiger partial charge in [0.1, 0.15) is 11.1 Å². The molecule has 5 heteroatoms. The molecule has 94 valence electrons. The van der Waals surface area contributed by atoms with Crippen LogP contribution in [0.3, 0.4) is 0 Å². The number of amides is 1. The lowest BCUT2D eigenvalue weighted by molar-refractivity contribution is -0.139. The maximum absolute atomic E-state index is 11.8. The summed E-state index contributed by atoms with van der Waals surface area (Å²) in [6.07, 6.45) is 1.03. The van der Waals surface area contributed by atoms with Crippen molar-refractivity contribution in [1.82, 2.24) is 5.32 Å². The maximum Gasteiger partial charge on any atom is 0.408 e. The summed E-state index contributed by atoms with van der Waals surface area (Å²) >= 11 is 0. The van der Waals surface area contributed by atoms with Gasteiger partial charge in [0.15, 0.2) is 0 Å². The van der Waals surface area contributed by atoms with E-state index in [9.17, 15) is 14.4 Å². The third kappa shape index (κ3) is 2.06. The molecule has 2 saturated carbocycles. The SMILES string of the molecule is CC(C)(C)OC(=O)NC12CCC(C1)C(=O)C2=O. The van der Waals surface area contributed by atoms with Gasteiger partial charge in [0.05, 0.1) is 0 Å². The van der Waals surface area contributed by atoms with Gasteiger partial charge in [-0.05, 0) is 40.0 Å². The Morgan fingerprint density at radius 1 is 1.41 bits per heavy atom. The molecule has 2 fully saturated rings. The number of alkyl carbamates (subject to hydrolysis) is 1. The molecule has 5 nitrogen and oxygen atoms in total. The van der Waals surface area contributed by atoms with Gasteiger partial charge in [-0.25, -0.2) is 4.79 Å². The van der Waals surface area contributed by atoms with Crippen molar-refractivity contribution in [3.8, 4) is 0 Å². The number of ketones is 2. The van der Waals surface area contributed by atoms with E-state index in [0.29, 0.717) is 19.3 Å². The number of hydrogen-bond acceptors (Lipinski definition) is 4. The predicted molar refractivity (Wildman–Crippen MR) is 59.5 cm³/mol. The lowest BCUT2D eigenvalue weighted by atomic mass is 9.92. The first-order chi connectivity index (χ1) is 7.73. The van der Waals surface area contributed by atoms with Crippen LogP contribution in [-0.4, -0.2) is 28.8 Å². The van der Waals surface area contributed by atoms with Gasteiger partial charge in [-0.3, -0.25) is 9.59 Å². The van der Waals surface area contributed by atoms with Crippen molar-refractivity contribution in [3.63, 3.8) is 0 Å². The molecule has 0 aromatic heterocycles. The topological polar surface area (TPSA) is 72.5 Å². The van der Waals surface area contributed by atoms with Crippen LogP contribution in [0.5, 0.6) is 0 Å². The second-order valence-electron chi connectivity index (χ2n) is 5.84. The van der Waals surface area contributed by atoms with Crippen molar-refractivity contribution in [2.75, 3.05) is 0 Å². The molecule has 0 aliphatic heterocycles. The second-order valence-corrected chi connectivity index (χ2v) is 5.84. The minimum absolute atomic E-state index is 0.197. The van der Waals surface area contributed by atoms with E-state index in [1.807, 2.05) is 0 Å². The Hall–Kier alpha value is -1.39. The summed E-state index contributed by atoms with van der Waals surface area (Å²) in [5.41, 5.74) is -1.59. The highest BCUT2D eigenvalue weighted by atomic mass is 16.6. The van der Waals surface area contributed by atoms with Crippen LogP contribution < -0.4 is 5.32 Å². The highest BCUT2D eigenvalue weighted by Crippen LogP contribution is 2.43. The van der Waals surface area contributed by atoms with E-state index in [4.69, 9.17) is 4.74 Å². The van der Waals surface area contributed by atoms with Gasteiger partial charge < -0.3 is 10.1 Å². The first kappa shape index (κ1) is 12.1. The van der Waals surface area contributed by atoms with Gasteiger partial charge in [0.25, 0.3) is 0 Å². The predicted octanol–water partition coefficient (Wildman–Crippen LogP) is 1.20. The molecule has 0 spiro atoms. The Morgan fingerprint density at radius 3 is 2.53 bits per heavy atom. The van der Waals surface area contributed by atoms with Gasteiger partial charge in [0.2, 0.25) is 11.6 Å². The molecule has 0 aromatic carbocycles. The summed E-state index contributed by atoms with van der Waals surface area (Å²) in [4.78, 5) is 34.9. The van der Waals surface area contributed by atoms with Crippen LogP contribution in [0, 0.1) is 5.92 Å². The van der Waals surface area contributed by atoms with Crippen molar-refractivity contribution in [2.45, 2.75) is 51.2 Å². The van der Waals surface area contributed by atoms with Crippen LogP contribution in [-0.2, 0) is 14.3 Å². The molecule has 2 bridgehead atoms. The summed E-state index contributed by atoms with van der Waals surface area (Å²) in [5, 5.41) is 2.59. The molecule has 0 heterocycles. The Bertz CT molecular complexity index is 396. The van der Waals surface area contributed by atoms with E-state index in [-0.39, 0.29) is 11.7 Å². The number of fused-ring (bicyclic) bond motifs is 2. The quantitative estimate of drug-likeness (QED) is 0.698. The molecular formula is C12H17NO4. The number of carbonyl (C=O) groups is 3. The standard InChI is InChI=1S/C12H17NO4/c1-11(2,3)17-10(16)13-12-5-4-7(6-12)8(14)9(12)15/h7H,4-6H2,1-3H3,(H,13,16). The molecule has 0 saturated heterocycles. The smallest absolute Gasteiger partial charge is 0.408 e. The summed E-state index contributed by atoms with van der Waals surface area (Å²) < 4.78 is 5.12. The average molecular weight is 239 g/mol. The van der Waals surface area contributed by atoms with Crippen molar-refractivity contribution in [1.29, 1.82) is 0 Å². The first-order valence-corrected chi connectivity index (χ1v) is 5.83. The normalized spacial score (nSPS) is 31.8. The third-order valence-corrected chi connectivity index (χ3v) is 3.28. The van der Waals surface area contributed by atoms with Crippen LogP contribution in [0.1, 0.15) is 40.0 Å². The number of ether oxygens (including phenoxy) is 1. The zero-order valence-electron chi connectivity index (χ0n) is 10.3. The van der Waals surface area contributed by atoms with Crippen LogP contribution in [0.4, 0.5) is 4.79 Å². The molecule has 2 aliphatic rings. The maximum atomic E-state index is 11.8. The van der Waals surface area contributed by atoms with Crippen LogP contribution in [0.15, 0.2) is 0 Å². The molecule has 2 aliphatic carbocycles. The van der Waals surface area contributed by atoms with Crippen molar-refractivity contribution in [3.05, 3.63) is 0 Å². The van der Waals surface area contributed by atoms with Crippen molar-refractivity contribution >= 4 is 17.7 Å². The van der Waals surface area contributed by atoms with Gasteiger partial charge in [-0.15, -0.1) is 0 Å². The molecule has 2 unspecified atom stereocenters. The van der Waals surface area contributed by atoms with Gasteiger partial charge in [0, 0.05) is 5.92 Å². The monoisotopic (exact) mass is 239 g/mol. The van der Waals surface area contributed by atoms with Crippen LogP contribution in [0.25, 0.3) is 0 Å². The van der Waals surface area contributed by atoms with Gasteiger partial charge in [-0.1, -0.05) is 0 Å². The summed E-state index contributed by atoms with van der Waals surface area (Å²) in [6, 6.07) is 0. The number of Topliss-reactive ketones (excluding diaryl/α,β-unsaturated/α-hetero) is 2. The highest BCUT2D eigenvalue weighted by molar-refractivity contribution is 6.44. The fraction of sp³-hybridized carbons (Fsp3) is 0.750. The van der Waals surface area contributed by atoms with E-state index in [2.05, 4.69) is 5.32 Å². The van der Waals surface area contributed by atoms with E-state index >= 15 is 0 Å². The fourth-order valence-corrected chi connectivity index (χ4v) is 2.57. The minimum Gasteiger partial charge on any atom is -0.444 e.